The van der Waals surface area contributed by atoms with E-state index in [1.165, 1.54) is 16.8 Å². The van der Waals surface area contributed by atoms with Gasteiger partial charge in [0.05, 0.1) is 44.5 Å². The van der Waals surface area contributed by atoms with Gasteiger partial charge in [-0.25, -0.2) is 28.4 Å². The van der Waals surface area contributed by atoms with Crippen molar-refractivity contribution in [1.29, 1.82) is 0 Å². The number of phosphoric acid groups is 4. The number of imidazole rings is 1. The normalized spacial score (nSPS) is 31.1. The Morgan fingerprint density at radius 3 is 2.04 bits per heavy atom. The summed E-state index contributed by atoms with van der Waals surface area (Å²) in [5.41, 5.74) is 9.01. The van der Waals surface area contributed by atoms with Gasteiger partial charge in [-0.05, 0) is 13.8 Å². The Morgan fingerprint density at radius 1 is 0.787 bits per heavy atom. The summed E-state index contributed by atoms with van der Waals surface area (Å²) in [6.45, 7) is -0.617. The van der Waals surface area contributed by atoms with Gasteiger partial charge in [0.1, 0.15) is 72.5 Å². The quantitative estimate of drug-likeness (QED) is 0.0302. The smallest absolute Gasteiger partial charge is 0.325 e. The van der Waals surface area contributed by atoms with Crippen LogP contribution in [0.2, 0.25) is 0 Å². The number of H-pyrrole nitrogens is 2. The van der Waals surface area contributed by atoms with E-state index >= 15 is 0 Å². The molecular weight excluding hydrogens is 1100 g/mol. The van der Waals surface area contributed by atoms with E-state index in [2.05, 4.69) is 44.1 Å². The van der Waals surface area contributed by atoms with Gasteiger partial charge < -0.3 is 118 Å². The molecule has 0 amide bonds. The van der Waals surface area contributed by atoms with Gasteiger partial charge in [-0.15, -0.1) is 0 Å². The molecule has 0 aromatic carbocycles. The fourth-order valence-corrected chi connectivity index (χ4v) is 12.7. The van der Waals surface area contributed by atoms with Gasteiger partial charge in [0.25, 0.3) is 36.9 Å². The summed E-state index contributed by atoms with van der Waals surface area (Å²) in [5.74, 6) is -0.496. The van der Waals surface area contributed by atoms with Crippen molar-refractivity contribution in [3.8, 4) is 0 Å². The highest BCUT2D eigenvalue weighted by Crippen LogP contribution is 2.63. The third-order valence-electron chi connectivity index (χ3n) is 11.4. The molecule has 0 aliphatic carbocycles. The lowest BCUT2D eigenvalue weighted by Crippen LogP contribution is -2.45. The molecule has 9 N–H and O–H groups in total. The molecule has 4 aliphatic heterocycles. The van der Waals surface area contributed by atoms with E-state index in [0.29, 0.717) is 0 Å². The maximum atomic E-state index is 13.7. The molecule has 4 aliphatic rings. The van der Waals surface area contributed by atoms with E-state index in [4.69, 9.17) is 48.7 Å². The van der Waals surface area contributed by atoms with Crippen molar-refractivity contribution in [2.75, 3.05) is 61.9 Å². The van der Waals surface area contributed by atoms with Crippen LogP contribution in [0.15, 0.2) is 33.2 Å². The lowest BCUT2D eigenvalue weighted by molar-refractivity contribution is -0.252. The number of ether oxygens (including phenoxy) is 5. The van der Waals surface area contributed by atoms with Crippen LogP contribution in [0.3, 0.4) is 0 Å². The highest BCUT2D eigenvalue weighted by atomic mass is 31.3. The highest BCUT2D eigenvalue weighted by Gasteiger charge is 2.52. The number of hydrogen-bond donors (Lipinski definition) is 7. The Morgan fingerprint density at radius 2 is 1.40 bits per heavy atom. The average molecular weight is 1150 g/mol. The van der Waals surface area contributed by atoms with Crippen LogP contribution in [0, 0.1) is 6.07 Å². The Kier molecular flexibility index (Phi) is 16.4. The summed E-state index contributed by atoms with van der Waals surface area (Å²) in [5, 5.41) is 32.5. The van der Waals surface area contributed by atoms with E-state index in [-0.39, 0.29) is 41.1 Å². The number of anilines is 4. The SMILES string of the molecule is CO[C@H]1C(OP(=O)([O-])OC[C@H]2O[C@@H](n3c[c-]c(=O)[nH]c3=O)[C@@H](O)C2OC(C)C)[C@@H](COP(=O)([O-])OP(=O)([O-])OP(=O)([O-])OC[C@H]2O[C@@H](N3CN(C)c4c3nc(N)[nH]c4=O)C(O)[C@H]2O)O[C@H]1n1cnc2c(N)ncnc21. The molecule has 0 saturated carbocycles. The molecule has 8 heterocycles. The number of fused-ring (bicyclic) bond motifs is 2. The number of hydrogen-bond acceptors (Lipinski definition) is 33. The molecule has 37 nitrogen and oxygen atoms in total. The highest BCUT2D eigenvalue weighted by molar-refractivity contribution is 7.65. The number of nitrogen functional groups attached to an aromatic ring is 2. The minimum absolute atomic E-state index is 0.00858. The van der Waals surface area contributed by atoms with E-state index in [1.807, 2.05) is 4.98 Å². The number of aromatic nitrogens is 8. The number of aliphatic hydroxyl groups excluding tert-OH is 3. The van der Waals surface area contributed by atoms with Crippen molar-refractivity contribution in [2.45, 2.75) is 93.6 Å². The van der Waals surface area contributed by atoms with E-state index < -0.39 is 148 Å². The predicted molar refractivity (Wildman–Crippen MR) is 236 cm³/mol. The first-order valence-electron chi connectivity index (χ1n) is 21.6. The fourth-order valence-electron chi connectivity index (χ4n) is 8.33. The number of nitrogens with two attached hydrogens (primary N) is 2. The first kappa shape index (κ1) is 56.7. The zero-order chi connectivity index (χ0) is 54.7. The van der Waals surface area contributed by atoms with Crippen LogP contribution < -0.4 is 57.6 Å². The second kappa shape index (κ2) is 21.7. The minimum atomic E-state index is -6.58. The number of nitrogens with one attached hydrogen (secondary N) is 2. The second-order valence-corrected chi connectivity index (χ2v) is 22.8. The number of nitrogens with zero attached hydrogens (tertiary/aromatic N) is 8. The molecule has 7 unspecified atom stereocenters. The zero-order valence-electron chi connectivity index (χ0n) is 38.9. The maximum absolute atomic E-state index is 13.7. The van der Waals surface area contributed by atoms with Crippen molar-refractivity contribution >= 4 is 65.7 Å². The maximum Gasteiger partial charge on any atom is 0.325 e. The van der Waals surface area contributed by atoms with Crippen molar-refractivity contribution in [3.63, 3.8) is 0 Å². The van der Waals surface area contributed by atoms with Gasteiger partial charge in [0, 0.05) is 14.2 Å². The topological polar surface area (TPSA) is 525 Å². The summed E-state index contributed by atoms with van der Waals surface area (Å²) in [4.78, 5) is 112. The Bertz CT molecular complexity index is 3130. The zero-order valence-corrected chi connectivity index (χ0v) is 42.5. The molecule has 75 heavy (non-hydrogen) atoms. The molecule has 0 spiro atoms. The van der Waals surface area contributed by atoms with Crippen LogP contribution in [-0.4, -0.2) is 162 Å². The molecule has 41 heteroatoms. The molecular formula is C34H45N12O25P4-5. The molecule has 416 valence electrons. The van der Waals surface area contributed by atoms with Crippen LogP contribution in [0.25, 0.3) is 11.2 Å². The van der Waals surface area contributed by atoms with Gasteiger partial charge >= 0.3 is 5.69 Å². The van der Waals surface area contributed by atoms with Crippen molar-refractivity contribution in [3.05, 3.63) is 56.1 Å². The lowest BCUT2D eigenvalue weighted by Gasteiger charge is -2.35. The Balaban J connectivity index is 0.937. The van der Waals surface area contributed by atoms with Crippen molar-refractivity contribution in [2.24, 2.45) is 0 Å². The summed E-state index contributed by atoms with van der Waals surface area (Å²) in [7, 11) is -22.3. The summed E-state index contributed by atoms with van der Waals surface area (Å²) >= 11 is 0. The monoisotopic (exact) mass is 1150 g/mol. The number of rotatable bonds is 21. The number of aliphatic hydroxyl groups is 3. The number of phosphoric ester groups is 3. The molecule has 0 radical (unpaired) electrons. The standard InChI is InChI=1S/C34H49N12O25P4/c1-13(2)65-23-15(67-31(22(23)50)44-6-5-17(47)40-34(44)52)8-62-72(53,54)69-24-16(68-32(25(24)61-4)45-11-39-18-26(35)37-10-38-27(18)45)9-64-74(57,58)71-75(59,60)70-73(55,56)63-7-14-20(48)21(49)30(66-14)46-12-43(3)19-28(46)41-33(36)42-29(19)51/h6,10-11,13-16,20-25,30-32,48-50H,7-9,12H2,1-4H3,(H,53,54)(H,55,56)(H,57,58)(H,59,60)(H2,35,37,38)(H,40,47,52)(H3,36,41,42,51)/q-1/p-4/t14-,15-,16-,20+,21?,22+,23?,24?,25+,30-,31-,32-/m1/s1. The van der Waals surface area contributed by atoms with Crippen LogP contribution in [0.4, 0.5) is 23.3 Å². The van der Waals surface area contributed by atoms with E-state index in [1.54, 1.807) is 13.8 Å². The lowest BCUT2D eigenvalue weighted by atomic mass is 10.1. The van der Waals surface area contributed by atoms with Crippen LogP contribution in [-0.2, 0) is 68.7 Å². The van der Waals surface area contributed by atoms with Gasteiger partial charge in [-0.1, -0.05) is 0 Å². The minimum Gasteiger partial charge on any atom is -0.756 e. The largest absolute Gasteiger partial charge is 0.756 e. The summed E-state index contributed by atoms with van der Waals surface area (Å²) in [6, 6.07) is 2.20. The van der Waals surface area contributed by atoms with E-state index in [0.717, 1.165) is 35.1 Å². The summed E-state index contributed by atoms with van der Waals surface area (Å²) < 4.78 is 110. The first-order chi connectivity index (χ1) is 35.1. The average Bonchev–Trinajstić information content (AvgIpc) is 4.10. The summed E-state index contributed by atoms with van der Waals surface area (Å²) in [6.07, 6.45) is -17.7. The fraction of sp³-hybridized carbons (Fsp3) is 0.618. The molecule has 4 aromatic rings. The van der Waals surface area contributed by atoms with Gasteiger partial charge in [-0.2, -0.15) is 11.2 Å². The van der Waals surface area contributed by atoms with E-state index in [9.17, 15) is 67.5 Å². The third kappa shape index (κ3) is 12.3. The molecule has 4 aromatic heterocycles. The van der Waals surface area contributed by atoms with Crippen molar-refractivity contribution < 1.29 is 104 Å². The molecule has 0 bridgehead atoms. The van der Waals surface area contributed by atoms with Gasteiger partial charge in [0.2, 0.25) is 5.95 Å². The van der Waals surface area contributed by atoms with Gasteiger partial charge in [-0.3, -0.25) is 32.6 Å². The molecule has 8 rings (SSSR count). The Labute approximate surface area is 419 Å². The molecule has 3 saturated heterocycles. The van der Waals surface area contributed by atoms with Crippen LogP contribution in [0.5, 0.6) is 0 Å². The molecule has 3 fully saturated rings. The van der Waals surface area contributed by atoms with Crippen LogP contribution in [0.1, 0.15) is 26.3 Å². The second-order valence-electron chi connectivity index (χ2n) is 16.9. The van der Waals surface area contributed by atoms with Crippen molar-refractivity contribution in [1.82, 2.24) is 39.0 Å². The predicted octanol–water partition coefficient (Wildman–Crippen LogP) is -5.91. The van der Waals surface area contributed by atoms with Gasteiger partial charge in [0.15, 0.2) is 36.0 Å². The first-order valence-corrected chi connectivity index (χ1v) is 27.4. The third-order valence-corrected chi connectivity index (χ3v) is 16.5. The number of methoxy groups -OCH3 is 1. The van der Waals surface area contributed by atoms with Crippen LogP contribution >= 0.6 is 31.3 Å². The Hall–Kier alpha value is -4.49. The number of aromatic amines is 2. The molecule has 16 atom stereocenters.